The predicted octanol–water partition coefficient (Wildman–Crippen LogP) is 1.85. The standard InChI is InChI=1S/C23H25N5O2/c1-4-9-30-19-6-5-15(10-20(19)29-3)21-18-12-28(2)8-7-16(18)17(11-24)22(27)23(21,13-25)14-26/h5-7,10,17-18,21,27H,4,8-9,12H2,1-3H3/p+1/t17-,18-,21-/m1/s1. The molecule has 3 rings (SSSR count). The molecule has 2 aliphatic rings. The Morgan fingerprint density at radius 3 is 2.57 bits per heavy atom. The van der Waals surface area contributed by atoms with Crippen LogP contribution in [0, 0.1) is 56.7 Å². The minimum atomic E-state index is -1.71. The molecule has 0 radical (unpaired) electrons. The van der Waals surface area contributed by atoms with Crippen LogP contribution in [0.15, 0.2) is 29.8 Å². The maximum absolute atomic E-state index is 10.1. The first-order chi connectivity index (χ1) is 14.5. The zero-order valence-electron chi connectivity index (χ0n) is 17.5. The first-order valence-electron chi connectivity index (χ1n) is 10.1. The summed E-state index contributed by atoms with van der Waals surface area (Å²) in [6.45, 7) is 4.01. The van der Waals surface area contributed by atoms with Crippen LogP contribution in [0.3, 0.4) is 0 Å². The van der Waals surface area contributed by atoms with Gasteiger partial charge in [-0.1, -0.05) is 13.0 Å². The van der Waals surface area contributed by atoms with Gasteiger partial charge in [0.1, 0.15) is 5.92 Å². The Morgan fingerprint density at radius 1 is 1.23 bits per heavy atom. The molecule has 2 N–H and O–H groups in total. The second-order valence-electron chi connectivity index (χ2n) is 7.92. The zero-order valence-corrected chi connectivity index (χ0v) is 17.5. The number of fused-ring (bicyclic) bond motifs is 1. The highest BCUT2D eigenvalue weighted by atomic mass is 16.5. The van der Waals surface area contributed by atoms with Crippen molar-refractivity contribution in [2.24, 2.45) is 17.3 Å². The molecule has 0 bridgehead atoms. The molecule has 7 heteroatoms. The third kappa shape index (κ3) is 3.30. The molecule has 0 aromatic heterocycles. The summed E-state index contributed by atoms with van der Waals surface area (Å²) in [5.74, 6) is -0.468. The Kier molecular flexibility index (Phi) is 6.11. The number of methoxy groups -OCH3 is 1. The van der Waals surface area contributed by atoms with Gasteiger partial charge in [0, 0.05) is 11.8 Å². The molecule has 7 nitrogen and oxygen atoms in total. The van der Waals surface area contributed by atoms with E-state index in [4.69, 9.17) is 14.9 Å². The number of nitrogens with zero attached hydrogens (tertiary/aromatic N) is 3. The van der Waals surface area contributed by atoms with Gasteiger partial charge in [-0.15, -0.1) is 0 Å². The number of quaternary nitrogens is 1. The van der Waals surface area contributed by atoms with Crippen LogP contribution >= 0.6 is 0 Å². The van der Waals surface area contributed by atoms with Gasteiger partial charge in [-0.05, 0) is 35.8 Å². The summed E-state index contributed by atoms with van der Waals surface area (Å²) in [5.41, 5.74) is -0.251. The molecule has 0 spiro atoms. The van der Waals surface area contributed by atoms with Crippen LogP contribution in [-0.4, -0.2) is 39.6 Å². The van der Waals surface area contributed by atoms with E-state index in [9.17, 15) is 15.8 Å². The lowest BCUT2D eigenvalue weighted by Crippen LogP contribution is -3.10. The van der Waals surface area contributed by atoms with Gasteiger partial charge in [-0.25, -0.2) is 0 Å². The minimum Gasteiger partial charge on any atom is -0.493 e. The highest BCUT2D eigenvalue weighted by Gasteiger charge is 2.58. The van der Waals surface area contributed by atoms with Crippen molar-refractivity contribution in [2.75, 3.05) is 33.9 Å². The largest absolute Gasteiger partial charge is 0.493 e. The number of hydrogen-bond donors (Lipinski definition) is 2. The molecule has 1 fully saturated rings. The van der Waals surface area contributed by atoms with E-state index < -0.39 is 17.3 Å². The SMILES string of the molecule is CCCOc1ccc([C@@H]2[C@@H]3C[NH+](C)CC=C3[C@@H](C#N)C(=N)C2(C#N)C#N)cc1OC. The van der Waals surface area contributed by atoms with Crippen molar-refractivity contribution in [1.82, 2.24) is 0 Å². The number of nitriles is 3. The van der Waals surface area contributed by atoms with Crippen molar-refractivity contribution < 1.29 is 14.4 Å². The third-order valence-electron chi connectivity index (χ3n) is 6.09. The van der Waals surface area contributed by atoms with E-state index in [2.05, 4.69) is 18.2 Å². The predicted molar refractivity (Wildman–Crippen MR) is 110 cm³/mol. The molecule has 1 aliphatic carbocycles. The quantitative estimate of drug-likeness (QED) is 0.726. The molecule has 0 amide bonds. The highest BCUT2D eigenvalue weighted by Crippen LogP contribution is 2.53. The minimum absolute atomic E-state index is 0.132. The second-order valence-corrected chi connectivity index (χ2v) is 7.92. The maximum Gasteiger partial charge on any atom is 0.189 e. The summed E-state index contributed by atoms with van der Waals surface area (Å²) in [4.78, 5) is 1.23. The van der Waals surface area contributed by atoms with Crippen LogP contribution < -0.4 is 14.4 Å². The lowest BCUT2D eigenvalue weighted by atomic mass is 9.54. The molecular weight excluding hydrogens is 378 g/mol. The molecule has 1 aromatic carbocycles. The lowest BCUT2D eigenvalue weighted by molar-refractivity contribution is -0.878. The number of ether oxygens (including phenoxy) is 2. The topological polar surface area (TPSA) is 118 Å². The van der Waals surface area contributed by atoms with Crippen molar-refractivity contribution >= 4 is 5.71 Å². The number of benzene rings is 1. The molecule has 30 heavy (non-hydrogen) atoms. The van der Waals surface area contributed by atoms with Crippen molar-refractivity contribution in [3.8, 4) is 29.7 Å². The van der Waals surface area contributed by atoms with Crippen LogP contribution in [0.2, 0.25) is 0 Å². The molecule has 0 saturated heterocycles. The fourth-order valence-corrected chi connectivity index (χ4v) is 4.64. The molecular formula is C23H26N5O2+. The Morgan fingerprint density at radius 2 is 1.97 bits per heavy atom. The van der Waals surface area contributed by atoms with E-state index in [0.717, 1.165) is 24.1 Å². The first kappa shape index (κ1) is 21.4. The normalized spacial score (nSPS) is 26.9. The summed E-state index contributed by atoms with van der Waals surface area (Å²) in [6, 6.07) is 11.9. The van der Waals surface area contributed by atoms with Crippen LogP contribution in [0.25, 0.3) is 0 Å². The average molecular weight is 404 g/mol. The Hall–Kier alpha value is -3.34. The van der Waals surface area contributed by atoms with E-state index in [1.807, 2.05) is 26.1 Å². The van der Waals surface area contributed by atoms with Crippen molar-refractivity contribution in [3.05, 3.63) is 35.4 Å². The van der Waals surface area contributed by atoms with E-state index in [1.54, 1.807) is 19.2 Å². The fourth-order valence-electron chi connectivity index (χ4n) is 4.64. The molecule has 1 saturated carbocycles. The van der Waals surface area contributed by atoms with Gasteiger partial charge >= 0.3 is 0 Å². The Balaban J connectivity index is 2.19. The third-order valence-corrected chi connectivity index (χ3v) is 6.09. The monoisotopic (exact) mass is 404 g/mol. The van der Waals surface area contributed by atoms with E-state index in [-0.39, 0.29) is 11.6 Å². The van der Waals surface area contributed by atoms with Gasteiger partial charge in [0.25, 0.3) is 0 Å². The summed E-state index contributed by atoms with van der Waals surface area (Å²) >= 11 is 0. The Bertz CT molecular complexity index is 980. The number of likely N-dealkylation sites (N-methyl/N-ethyl adjacent to an activating group) is 1. The van der Waals surface area contributed by atoms with Crippen molar-refractivity contribution in [1.29, 1.82) is 21.2 Å². The van der Waals surface area contributed by atoms with Gasteiger partial charge in [-0.2, -0.15) is 15.8 Å². The van der Waals surface area contributed by atoms with Gasteiger partial charge in [-0.3, -0.25) is 0 Å². The van der Waals surface area contributed by atoms with Crippen LogP contribution in [0.1, 0.15) is 24.8 Å². The molecule has 1 aliphatic heterocycles. The smallest absolute Gasteiger partial charge is 0.189 e. The van der Waals surface area contributed by atoms with Crippen molar-refractivity contribution in [3.63, 3.8) is 0 Å². The van der Waals surface area contributed by atoms with Crippen molar-refractivity contribution in [2.45, 2.75) is 19.3 Å². The maximum atomic E-state index is 10.1. The van der Waals surface area contributed by atoms with Crippen LogP contribution in [0.5, 0.6) is 11.5 Å². The zero-order chi connectivity index (χ0) is 21.9. The summed E-state index contributed by atoms with van der Waals surface area (Å²) in [5, 5.41) is 38.6. The lowest BCUT2D eigenvalue weighted by Gasteiger charge is -2.46. The van der Waals surface area contributed by atoms with Gasteiger partial charge < -0.3 is 19.8 Å². The van der Waals surface area contributed by atoms with Gasteiger partial charge in [0.05, 0.1) is 57.8 Å². The summed E-state index contributed by atoms with van der Waals surface area (Å²) < 4.78 is 11.3. The molecule has 4 atom stereocenters. The molecule has 1 unspecified atom stereocenters. The average Bonchev–Trinajstić information content (AvgIpc) is 2.77. The summed E-state index contributed by atoms with van der Waals surface area (Å²) in [6.07, 6.45) is 2.87. The first-order valence-corrected chi connectivity index (χ1v) is 10.1. The van der Waals surface area contributed by atoms with E-state index in [1.165, 1.54) is 4.90 Å². The second kappa shape index (κ2) is 8.57. The van der Waals surface area contributed by atoms with Gasteiger partial charge in [0.2, 0.25) is 0 Å². The van der Waals surface area contributed by atoms with Crippen LogP contribution in [-0.2, 0) is 0 Å². The number of hydrogen-bond acceptors (Lipinski definition) is 6. The number of rotatable bonds is 5. The van der Waals surface area contributed by atoms with Crippen LogP contribution in [0.4, 0.5) is 0 Å². The fraction of sp³-hybridized carbons (Fsp3) is 0.478. The van der Waals surface area contributed by atoms with Gasteiger partial charge in [0.15, 0.2) is 16.9 Å². The Labute approximate surface area is 177 Å². The van der Waals surface area contributed by atoms with E-state index >= 15 is 0 Å². The number of nitrogens with one attached hydrogen (secondary N) is 2. The molecule has 1 heterocycles. The molecule has 1 aromatic rings. The molecule has 154 valence electrons. The van der Waals surface area contributed by atoms with E-state index in [0.29, 0.717) is 24.7 Å². The highest BCUT2D eigenvalue weighted by molar-refractivity contribution is 6.00. The summed E-state index contributed by atoms with van der Waals surface area (Å²) in [7, 11) is 3.60.